The molecule has 3 rings (SSSR count). The molecule has 0 saturated carbocycles. The van der Waals surface area contributed by atoms with Crippen molar-refractivity contribution in [1.29, 1.82) is 0 Å². The number of anilines is 1. The lowest BCUT2D eigenvalue weighted by Gasteiger charge is -2.08. The average molecular weight is 320 g/mol. The number of nitrogens with two attached hydrogens (primary N) is 1. The Kier molecular flexibility index (Phi) is 3.86. The molecule has 0 fully saturated rings. The number of carbonyl (C=O) groups excluding carboxylic acids is 1. The second-order valence-electron chi connectivity index (χ2n) is 5.16. The number of nitrogens with one attached hydrogen (secondary N) is 1. The summed E-state index contributed by atoms with van der Waals surface area (Å²) >= 11 is 3.14. The number of carbonyl (C=O) groups is 1. The van der Waals surface area contributed by atoms with Gasteiger partial charge in [0.05, 0.1) is 10.2 Å². The second-order valence-corrected chi connectivity index (χ2v) is 7.20. The summed E-state index contributed by atoms with van der Waals surface area (Å²) in [5.74, 6) is 0.239. The number of thioether (sulfide) groups is 1. The van der Waals surface area contributed by atoms with Gasteiger partial charge in [-0.2, -0.15) is 0 Å². The summed E-state index contributed by atoms with van der Waals surface area (Å²) in [6.07, 6.45) is 0. The monoisotopic (exact) mass is 320 g/mol. The lowest BCUT2D eigenvalue weighted by Crippen LogP contribution is -2.26. The van der Waals surface area contributed by atoms with Gasteiger partial charge in [0.2, 0.25) is 5.91 Å². The molecule has 3 N–H and O–H groups in total. The first-order valence-corrected chi connectivity index (χ1v) is 8.50. The van der Waals surface area contributed by atoms with E-state index in [1.165, 1.54) is 0 Å². The van der Waals surface area contributed by atoms with E-state index in [-0.39, 0.29) is 5.91 Å². The van der Waals surface area contributed by atoms with Crippen molar-refractivity contribution in [3.8, 4) is 0 Å². The van der Waals surface area contributed by atoms with E-state index in [4.69, 9.17) is 5.73 Å². The number of benzene rings is 1. The maximum atomic E-state index is 11.2. The Labute approximate surface area is 131 Å². The molecule has 1 aliphatic rings. The highest BCUT2D eigenvalue weighted by Gasteiger charge is 2.25. The summed E-state index contributed by atoms with van der Waals surface area (Å²) in [5, 5.41) is 5.06. The molecule has 0 spiro atoms. The zero-order valence-electron chi connectivity index (χ0n) is 11.8. The van der Waals surface area contributed by atoms with Crippen LogP contribution in [-0.4, -0.2) is 33.8 Å². The lowest BCUT2D eigenvalue weighted by atomic mass is 10.2. The van der Waals surface area contributed by atoms with E-state index < -0.39 is 6.04 Å². The van der Waals surface area contributed by atoms with Crippen molar-refractivity contribution in [1.82, 2.24) is 4.98 Å². The van der Waals surface area contributed by atoms with Crippen molar-refractivity contribution in [2.45, 2.75) is 25.9 Å². The van der Waals surface area contributed by atoms with E-state index in [0.717, 1.165) is 26.0 Å². The highest BCUT2D eigenvalue weighted by molar-refractivity contribution is 8.15. The van der Waals surface area contributed by atoms with Crippen molar-refractivity contribution in [2.24, 2.45) is 10.7 Å². The van der Waals surface area contributed by atoms with Gasteiger partial charge in [-0.05, 0) is 32.0 Å². The predicted octanol–water partition coefficient (Wildman–Crippen LogP) is 2.46. The van der Waals surface area contributed by atoms with Crippen LogP contribution in [0.25, 0.3) is 10.2 Å². The third-order valence-corrected chi connectivity index (χ3v) is 5.21. The van der Waals surface area contributed by atoms with E-state index in [9.17, 15) is 4.79 Å². The van der Waals surface area contributed by atoms with Gasteiger partial charge in [-0.15, -0.1) is 23.1 Å². The second kappa shape index (κ2) is 5.65. The molecular formula is C14H16N4OS2. The molecular weight excluding hydrogens is 304 g/mol. The van der Waals surface area contributed by atoms with E-state index in [1.54, 1.807) is 23.1 Å². The molecule has 0 unspecified atom stereocenters. The Morgan fingerprint density at radius 2 is 2.29 bits per heavy atom. The third kappa shape index (κ3) is 3.03. The Morgan fingerprint density at radius 1 is 1.48 bits per heavy atom. The number of rotatable bonds is 4. The minimum Gasteiger partial charge on any atom is -0.383 e. The fourth-order valence-corrected chi connectivity index (χ4v) is 4.20. The van der Waals surface area contributed by atoms with Crippen molar-refractivity contribution >= 4 is 50.0 Å². The van der Waals surface area contributed by atoms with Crippen LogP contribution in [0, 0.1) is 0 Å². The Hall–Kier alpha value is -1.60. The number of hydrogen-bond donors (Lipinski definition) is 2. The molecule has 0 radical (unpaired) electrons. The van der Waals surface area contributed by atoms with Crippen LogP contribution in [0.3, 0.4) is 0 Å². The van der Waals surface area contributed by atoms with Crippen LogP contribution >= 0.6 is 23.1 Å². The maximum Gasteiger partial charge on any atom is 0.243 e. The minimum absolute atomic E-state index is 0.373. The molecule has 1 atom stereocenters. The van der Waals surface area contributed by atoms with Gasteiger partial charge in [-0.25, -0.2) is 4.98 Å². The van der Waals surface area contributed by atoms with Crippen LogP contribution in [0.5, 0.6) is 0 Å². The fraction of sp³-hybridized carbons (Fsp3) is 0.357. The maximum absolute atomic E-state index is 11.2. The normalized spacial score (nSPS) is 18.2. The lowest BCUT2D eigenvalue weighted by molar-refractivity contribution is -0.118. The van der Waals surface area contributed by atoms with Gasteiger partial charge in [0, 0.05) is 17.5 Å². The van der Waals surface area contributed by atoms with Crippen molar-refractivity contribution in [3.63, 3.8) is 0 Å². The van der Waals surface area contributed by atoms with Crippen LogP contribution in [0.4, 0.5) is 5.69 Å². The number of aliphatic imine (C=N–C) groups is 1. The summed E-state index contributed by atoms with van der Waals surface area (Å²) < 4.78 is 1.11. The predicted molar refractivity (Wildman–Crippen MR) is 90.4 cm³/mol. The van der Waals surface area contributed by atoms with Gasteiger partial charge in [-0.3, -0.25) is 9.79 Å². The van der Waals surface area contributed by atoms with Crippen LogP contribution in [0.15, 0.2) is 23.2 Å². The quantitative estimate of drug-likeness (QED) is 0.907. The molecule has 0 aliphatic carbocycles. The Bertz CT molecular complexity index is 723. The molecule has 110 valence electrons. The number of amides is 1. The zero-order valence-corrected chi connectivity index (χ0v) is 13.4. The number of fused-ring (bicyclic) bond motifs is 1. The number of nitrogens with zero attached hydrogens (tertiary/aromatic N) is 2. The van der Waals surface area contributed by atoms with E-state index >= 15 is 0 Å². The summed E-state index contributed by atoms with van der Waals surface area (Å²) in [6, 6.07) is 6.10. The SMILES string of the molecule is CC(C)Nc1ccc2nc(C3=N[C@@H](C(N)=O)CS3)sc2c1. The molecule has 1 aromatic carbocycles. The molecule has 21 heavy (non-hydrogen) atoms. The molecule has 2 heterocycles. The van der Waals surface area contributed by atoms with Gasteiger partial charge in [0.25, 0.3) is 0 Å². The summed E-state index contributed by atoms with van der Waals surface area (Å²) in [6.45, 7) is 4.21. The van der Waals surface area contributed by atoms with Gasteiger partial charge in [0.1, 0.15) is 16.1 Å². The van der Waals surface area contributed by atoms with Gasteiger partial charge >= 0.3 is 0 Å². The zero-order chi connectivity index (χ0) is 15.0. The Morgan fingerprint density at radius 3 is 2.95 bits per heavy atom. The molecule has 5 nitrogen and oxygen atoms in total. The topological polar surface area (TPSA) is 80.4 Å². The Balaban J connectivity index is 1.91. The van der Waals surface area contributed by atoms with Gasteiger partial charge < -0.3 is 11.1 Å². The third-order valence-electron chi connectivity index (χ3n) is 3.01. The summed E-state index contributed by atoms with van der Waals surface area (Å²) in [4.78, 5) is 20.1. The first-order valence-electron chi connectivity index (χ1n) is 6.70. The molecule has 1 aliphatic heterocycles. The fourth-order valence-electron chi connectivity index (χ4n) is 2.08. The number of thiazole rings is 1. The van der Waals surface area contributed by atoms with Crippen LogP contribution in [-0.2, 0) is 4.79 Å². The number of aromatic nitrogens is 1. The van der Waals surface area contributed by atoms with Gasteiger partial charge in [0.15, 0.2) is 0 Å². The number of hydrogen-bond acceptors (Lipinski definition) is 6. The van der Waals surface area contributed by atoms with Crippen molar-refractivity contribution in [2.75, 3.05) is 11.1 Å². The van der Waals surface area contributed by atoms with Crippen molar-refractivity contribution < 1.29 is 4.79 Å². The summed E-state index contributed by atoms with van der Waals surface area (Å²) in [7, 11) is 0. The van der Waals surface area contributed by atoms with E-state index in [0.29, 0.717) is 11.8 Å². The van der Waals surface area contributed by atoms with E-state index in [2.05, 4.69) is 35.2 Å². The molecule has 0 saturated heterocycles. The highest BCUT2D eigenvalue weighted by atomic mass is 32.2. The van der Waals surface area contributed by atoms with Crippen LogP contribution in [0.1, 0.15) is 18.9 Å². The molecule has 0 bridgehead atoms. The number of primary amides is 1. The largest absolute Gasteiger partial charge is 0.383 e. The smallest absolute Gasteiger partial charge is 0.243 e. The van der Waals surface area contributed by atoms with Gasteiger partial charge in [-0.1, -0.05) is 0 Å². The molecule has 1 amide bonds. The first-order chi connectivity index (χ1) is 10.0. The minimum atomic E-state index is -0.421. The van der Waals surface area contributed by atoms with Crippen molar-refractivity contribution in [3.05, 3.63) is 23.2 Å². The van der Waals surface area contributed by atoms with E-state index in [1.807, 2.05) is 12.1 Å². The highest BCUT2D eigenvalue weighted by Crippen LogP contribution is 2.31. The van der Waals surface area contributed by atoms with Crippen LogP contribution in [0.2, 0.25) is 0 Å². The summed E-state index contributed by atoms with van der Waals surface area (Å²) in [5.41, 5.74) is 7.34. The molecule has 7 heteroatoms. The standard InChI is InChI=1S/C14H16N4OS2/c1-7(2)16-8-3-4-9-11(5-8)21-14(17-9)13-18-10(6-20-13)12(15)19/h3-5,7,10,16H,6H2,1-2H3,(H2,15,19)/t10-/m1/s1. The van der Waals surface area contributed by atoms with Crippen LogP contribution < -0.4 is 11.1 Å². The average Bonchev–Trinajstić information content (AvgIpc) is 3.03. The molecule has 1 aromatic heterocycles. The first kappa shape index (κ1) is 14.3. The molecule has 2 aromatic rings.